The van der Waals surface area contributed by atoms with Gasteiger partial charge in [-0.2, -0.15) is 0 Å². The van der Waals surface area contributed by atoms with Gasteiger partial charge in [-0.3, -0.25) is 9.78 Å². The Bertz CT molecular complexity index is 557. The highest BCUT2D eigenvalue weighted by Gasteiger charge is 2.13. The molecule has 3 nitrogen and oxygen atoms in total. The highest BCUT2D eigenvalue weighted by molar-refractivity contribution is 6.32. The van der Waals surface area contributed by atoms with Crippen molar-refractivity contribution in [3.8, 4) is 0 Å². The van der Waals surface area contributed by atoms with Crippen LogP contribution in [-0.4, -0.2) is 25.2 Å². The third-order valence-electron chi connectivity index (χ3n) is 2.95. The topological polar surface area (TPSA) is 33.2 Å². The zero-order valence-electron chi connectivity index (χ0n) is 11.2. The van der Waals surface area contributed by atoms with Gasteiger partial charge in [-0.05, 0) is 24.3 Å². The Hall–Kier alpha value is -2.10. The largest absolute Gasteiger partial charge is 0.310 e. The first-order chi connectivity index (χ1) is 9.22. The third kappa shape index (κ3) is 3.22. The second-order valence-electron chi connectivity index (χ2n) is 4.39. The van der Waals surface area contributed by atoms with Gasteiger partial charge >= 0.3 is 0 Å². The summed E-state index contributed by atoms with van der Waals surface area (Å²) in [5.74, 6) is -0.0223. The molecule has 4 heteroatoms. The summed E-state index contributed by atoms with van der Waals surface area (Å²) in [4.78, 5) is 18.0. The molecule has 1 radical (unpaired) electrons. The lowest BCUT2D eigenvalue weighted by Gasteiger charge is -2.17. The van der Waals surface area contributed by atoms with Crippen LogP contribution in [0.3, 0.4) is 0 Å². The molecule has 0 saturated heterocycles. The van der Waals surface area contributed by atoms with E-state index in [1.807, 2.05) is 43.2 Å². The molecule has 2 aromatic rings. The van der Waals surface area contributed by atoms with Crippen molar-refractivity contribution in [1.82, 2.24) is 4.98 Å². The quantitative estimate of drug-likeness (QED) is 0.782. The Morgan fingerprint density at radius 2 is 2.16 bits per heavy atom. The summed E-state index contributed by atoms with van der Waals surface area (Å²) < 4.78 is 0. The van der Waals surface area contributed by atoms with E-state index in [2.05, 4.69) is 12.3 Å². The molecule has 0 saturated carbocycles. The fourth-order valence-corrected chi connectivity index (χ4v) is 1.93. The van der Waals surface area contributed by atoms with E-state index in [-0.39, 0.29) is 5.91 Å². The van der Waals surface area contributed by atoms with Crippen LogP contribution >= 0.6 is 0 Å². The molecule has 0 atom stereocenters. The van der Waals surface area contributed by atoms with Gasteiger partial charge in [-0.15, -0.1) is 0 Å². The highest BCUT2D eigenvalue weighted by Crippen LogP contribution is 2.14. The summed E-state index contributed by atoms with van der Waals surface area (Å²) in [7, 11) is 3.84. The number of anilines is 1. The number of aromatic nitrogens is 1. The molecule has 0 N–H and O–H groups in total. The molecular weight excluding hydrogens is 235 g/mol. The number of carbonyl (C=O) groups excluding carboxylic acids is 1. The van der Waals surface area contributed by atoms with Crippen molar-refractivity contribution in [2.45, 2.75) is 13.1 Å². The number of amides is 1. The van der Waals surface area contributed by atoms with Gasteiger partial charge in [0.2, 0.25) is 0 Å². The molecule has 0 unspecified atom stereocenters. The lowest BCUT2D eigenvalue weighted by molar-refractivity contribution is 0.0993. The SMILES string of the molecule is C[B]Cc1cccc(C(=O)N(C)c2cccnc2)c1. The summed E-state index contributed by atoms with van der Waals surface area (Å²) in [6, 6.07) is 11.4. The first-order valence-corrected chi connectivity index (χ1v) is 6.27. The van der Waals surface area contributed by atoms with Crippen molar-refractivity contribution in [1.29, 1.82) is 0 Å². The number of carbonyl (C=O) groups is 1. The zero-order valence-corrected chi connectivity index (χ0v) is 11.2. The van der Waals surface area contributed by atoms with E-state index < -0.39 is 0 Å². The minimum absolute atomic E-state index is 0.0223. The van der Waals surface area contributed by atoms with Crippen LogP contribution in [0.15, 0.2) is 48.8 Å². The van der Waals surface area contributed by atoms with Crippen molar-refractivity contribution in [2.24, 2.45) is 0 Å². The van der Waals surface area contributed by atoms with Crippen LogP contribution in [0, 0.1) is 0 Å². The average Bonchev–Trinajstić information content (AvgIpc) is 2.47. The smallest absolute Gasteiger partial charge is 0.258 e. The maximum atomic E-state index is 12.4. The average molecular weight is 251 g/mol. The van der Waals surface area contributed by atoms with Gasteiger partial charge in [-0.25, -0.2) is 0 Å². The summed E-state index contributed by atoms with van der Waals surface area (Å²) >= 11 is 0. The van der Waals surface area contributed by atoms with Gasteiger partial charge in [0.25, 0.3) is 5.91 Å². The van der Waals surface area contributed by atoms with E-state index in [1.54, 1.807) is 24.3 Å². The van der Waals surface area contributed by atoms with Crippen LogP contribution in [0.25, 0.3) is 0 Å². The third-order valence-corrected chi connectivity index (χ3v) is 2.95. The molecular formula is C15H16BN2O. The molecule has 0 spiro atoms. The van der Waals surface area contributed by atoms with Crippen LogP contribution in [-0.2, 0) is 6.32 Å². The fraction of sp³-hybridized carbons (Fsp3) is 0.200. The van der Waals surface area contributed by atoms with Gasteiger partial charge in [0, 0.05) is 18.8 Å². The number of nitrogens with zero attached hydrogens (tertiary/aromatic N) is 2. The summed E-state index contributed by atoms with van der Waals surface area (Å²) in [6.07, 6.45) is 4.25. The van der Waals surface area contributed by atoms with Gasteiger partial charge in [-0.1, -0.05) is 30.8 Å². The van der Waals surface area contributed by atoms with E-state index in [1.165, 1.54) is 0 Å². The Kier molecular flexibility index (Phi) is 4.34. The Morgan fingerprint density at radius 1 is 1.32 bits per heavy atom. The molecule has 95 valence electrons. The molecule has 0 aliphatic rings. The van der Waals surface area contributed by atoms with Crippen LogP contribution in [0.5, 0.6) is 0 Å². The number of rotatable bonds is 4. The molecule has 0 aliphatic heterocycles. The van der Waals surface area contributed by atoms with E-state index >= 15 is 0 Å². The number of benzene rings is 1. The van der Waals surface area contributed by atoms with Crippen LogP contribution in [0.2, 0.25) is 6.82 Å². The highest BCUT2D eigenvalue weighted by atomic mass is 16.2. The maximum absolute atomic E-state index is 12.4. The standard InChI is InChI=1S/C15H16BN2O/c1-16-10-12-5-3-6-13(9-12)15(19)18(2)14-7-4-8-17-11-14/h3-9,11H,10H2,1-2H3. The van der Waals surface area contributed by atoms with Gasteiger partial charge in [0.1, 0.15) is 7.28 Å². The minimum Gasteiger partial charge on any atom is -0.310 e. The lowest BCUT2D eigenvalue weighted by Crippen LogP contribution is -2.26. The fourth-order valence-electron chi connectivity index (χ4n) is 1.93. The Labute approximate surface area is 114 Å². The van der Waals surface area contributed by atoms with Crippen molar-refractivity contribution in [2.75, 3.05) is 11.9 Å². The molecule has 1 amide bonds. The van der Waals surface area contributed by atoms with Crippen LogP contribution < -0.4 is 4.90 Å². The molecule has 2 rings (SSSR count). The van der Waals surface area contributed by atoms with Crippen molar-refractivity contribution >= 4 is 18.9 Å². The van der Waals surface area contributed by atoms with Crippen LogP contribution in [0.1, 0.15) is 15.9 Å². The predicted octanol–water partition coefficient (Wildman–Crippen LogP) is 2.61. The number of hydrogen-bond acceptors (Lipinski definition) is 2. The first kappa shape index (κ1) is 13.3. The monoisotopic (exact) mass is 251 g/mol. The minimum atomic E-state index is -0.0223. The van der Waals surface area contributed by atoms with Crippen molar-refractivity contribution in [3.05, 3.63) is 59.9 Å². The number of pyridine rings is 1. The van der Waals surface area contributed by atoms with Gasteiger partial charge in [0.05, 0.1) is 11.9 Å². The van der Waals surface area contributed by atoms with Crippen LogP contribution in [0.4, 0.5) is 5.69 Å². The Balaban J connectivity index is 2.22. The second kappa shape index (κ2) is 6.18. The maximum Gasteiger partial charge on any atom is 0.258 e. The second-order valence-corrected chi connectivity index (χ2v) is 4.39. The summed E-state index contributed by atoms with van der Waals surface area (Å²) in [5.41, 5.74) is 2.64. The number of hydrogen-bond donors (Lipinski definition) is 0. The summed E-state index contributed by atoms with van der Waals surface area (Å²) in [6.45, 7) is 2.01. The molecule has 0 aliphatic carbocycles. The van der Waals surface area contributed by atoms with E-state index in [9.17, 15) is 4.79 Å². The lowest BCUT2D eigenvalue weighted by atomic mass is 9.75. The Morgan fingerprint density at radius 3 is 2.84 bits per heavy atom. The molecule has 0 bridgehead atoms. The predicted molar refractivity (Wildman–Crippen MR) is 78.7 cm³/mol. The van der Waals surface area contributed by atoms with E-state index in [0.717, 1.165) is 17.6 Å². The molecule has 0 fully saturated rings. The van der Waals surface area contributed by atoms with Crippen molar-refractivity contribution in [3.63, 3.8) is 0 Å². The van der Waals surface area contributed by atoms with E-state index in [0.29, 0.717) is 5.56 Å². The van der Waals surface area contributed by atoms with Crippen molar-refractivity contribution < 1.29 is 4.79 Å². The normalized spacial score (nSPS) is 10.0. The van der Waals surface area contributed by atoms with Gasteiger partial charge < -0.3 is 4.90 Å². The molecule has 1 aromatic heterocycles. The molecule has 19 heavy (non-hydrogen) atoms. The molecule has 1 heterocycles. The summed E-state index contributed by atoms with van der Waals surface area (Å²) in [5, 5.41) is 0. The molecule has 1 aromatic carbocycles. The van der Waals surface area contributed by atoms with E-state index in [4.69, 9.17) is 0 Å². The first-order valence-electron chi connectivity index (χ1n) is 6.27. The zero-order chi connectivity index (χ0) is 13.7. The van der Waals surface area contributed by atoms with Gasteiger partial charge in [0.15, 0.2) is 0 Å².